The first kappa shape index (κ1) is 13.6. The molecule has 1 unspecified atom stereocenters. The second-order valence-corrected chi connectivity index (χ2v) is 6.60. The molecule has 0 saturated carbocycles. The fourth-order valence-corrected chi connectivity index (χ4v) is 3.23. The van der Waals surface area contributed by atoms with Crippen LogP contribution in [0, 0.1) is 0 Å². The van der Waals surface area contributed by atoms with Gasteiger partial charge in [-0.2, -0.15) is 5.10 Å². The van der Waals surface area contributed by atoms with E-state index in [1.165, 1.54) is 11.8 Å². The molecule has 1 aromatic carbocycles. The normalized spacial score (nSPS) is 20.4. The number of nitrogens with one attached hydrogen (secondary N) is 1. The van der Waals surface area contributed by atoms with Crippen molar-refractivity contribution in [3.05, 3.63) is 52.2 Å². The molecule has 3 rings (SSSR count). The third kappa shape index (κ3) is 2.87. The molecule has 1 N–H and O–H groups in total. The molecule has 1 aliphatic rings. The second-order valence-electron chi connectivity index (χ2n) is 4.15. The highest BCUT2D eigenvalue weighted by Crippen LogP contribution is 2.30. The van der Waals surface area contributed by atoms with Crippen LogP contribution in [0.4, 0.5) is 0 Å². The van der Waals surface area contributed by atoms with Crippen molar-refractivity contribution in [2.24, 2.45) is 0 Å². The molecule has 7 heteroatoms. The highest BCUT2D eigenvalue weighted by Gasteiger charge is 2.24. The smallest absolute Gasteiger partial charge is 0.259 e. The predicted molar refractivity (Wildman–Crippen MR) is 85.1 cm³/mol. The van der Waals surface area contributed by atoms with Gasteiger partial charge in [0.1, 0.15) is 4.71 Å². The summed E-state index contributed by atoms with van der Waals surface area (Å²) in [6.45, 7) is 0. The average Bonchev–Trinajstić information content (AvgIpc) is 2.97. The Balaban J connectivity index is 1.88. The monoisotopic (exact) mass is 323 g/mol. The SMILES string of the molecule is O=C1NC(S)S/C1=C\c1cnn(-c2cccc(Cl)c2)c1. The molecule has 2 heterocycles. The van der Waals surface area contributed by atoms with E-state index in [0.29, 0.717) is 9.93 Å². The Morgan fingerprint density at radius 3 is 3.05 bits per heavy atom. The van der Waals surface area contributed by atoms with Gasteiger partial charge < -0.3 is 5.32 Å². The summed E-state index contributed by atoms with van der Waals surface area (Å²) in [7, 11) is 0. The number of thioether (sulfide) groups is 1. The second kappa shape index (κ2) is 5.55. The zero-order valence-electron chi connectivity index (χ0n) is 10.2. The molecule has 0 spiro atoms. The average molecular weight is 324 g/mol. The largest absolute Gasteiger partial charge is 0.331 e. The van der Waals surface area contributed by atoms with Crippen molar-refractivity contribution in [3.8, 4) is 5.69 Å². The zero-order chi connectivity index (χ0) is 14.1. The first-order valence-electron chi connectivity index (χ1n) is 5.80. The van der Waals surface area contributed by atoms with E-state index in [4.69, 9.17) is 11.6 Å². The number of hydrogen-bond donors (Lipinski definition) is 2. The Labute approximate surface area is 130 Å². The first-order valence-corrected chi connectivity index (χ1v) is 7.57. The summed E-state index contributed by atoms with van der Waals surface area (Å²) < 4.78 is 1.53. The summed E-state index contributed by atoms with van der Waals surface area (Å²) in [5.41, 5.74) is 1.72. The minimum absolute atomic E-state index is 0.106. The molecule has 2 aromatic rings. The van der Waals surface area contributed by atoms with Crippen LogP contribution >= 0.6 is 36.0 Å². The van der Waals surface area contributed by atoms with Crippen molar-refractivity contribution in [1.82, 2.24) is 15.1 Å². The van der Waals surface area contributed by atoms with Gasteiger partial charge in [0.15, 0.2) is 0 Å². The van der Waals surface area contributed by atoms with E-state index in [-0.39, 0.29) is 10.6 Å². The van der Waals surface area contributed by atoms with E-state index >= 15 is 0 Å². The molecule has 20 heavy (non-hydrogen) atoms. The highest BCUT2D eigenvalue weighted by atomic mass is 35.5. The molecule has 1 amide bonds. The number of aromatic nitrogens is 2. The van der Waals surface area contributed by atoms with Crippen LogP contribution in [0.5, 0.6) is 0 Å². The number of thiol groups is 1. The first-order chi connectivity index (χ1) is 9.61. The molecular formula is C13H10ClN3OS2. The lowest BCUT2D eigenvalue weighted by Gasteiger charge is -2.00. The van der Waals surface area contributed by atoms with Crippen molar-refractivity contribution in [2.75, 3.05) is 0 Å². The Hall–Kier alpha value is -1.37. The van der Waals surface area contributed by atoms with Crippen LogP contribution in [-0.2, 0) is 4.79 Å². The lowest BCUT2D eigenvalue weighted by molar-refractivity contribution is -0.116. The quantitative estimate of drug-likeness (QED) is 0.660. The van der Waals surface area contributed by atoms with Crippen LogP contribution in [0.3, 0.4) is 0 Å². The molecule has 1 aromatic heterocycles. The van der Waals surface area contributed by atoms with E-state index in [1.807, 2.05) is 30.5 Å². The van der Waals surface area contributed by atoms with Crippen LogP contribution in [0.25, 0.3) is 11.8 Å². The number of benzene rings is 1. The number of amides is 1. The van der Waals surface area contributed by atoms with E-state index in [0.717, 1.165) is 11.3 Å². The van der Waals surface area contributed by atoms with Gasteiger partial charge in [-0.15, -0.1) is 12.6 Å². The maximum atomic E-state index is 11.6. The van der Waals surface area contributed by atoms with Crippen LogP contribution in [0.2, 0.25) is 5.02 Å². The molecule has 1 fully saturated rings. The molecule has 1 aliphatic heterocycles. The van der Waals surface area contributed by atoms with Gasteiger partial charge in [-0.25, -0.2) is 4.68 Å². The van der Waals surface area contributed by atoms with Gasteiger partial charge in [0, 0.05) is 16.8 Å². The van der Waals surface area contributed by atoms with Gasteiger partial charge in [0.2, 0.25) is 0 Å². The molecule has 0 radical (unpaired) electrons. The van der Waals surface area contributed by atoms with Crippen molar-refractivity contribution in [2.45, 2.75) is 4.71 Å². The summed E-state index contributed by atoms with van der Waals surface area (Å²) >= 11 is 11.5. The summed E-state index contributed by atoms with van der Waals surface area (Å²) in [5.74, 6) is -0.106. The molecule has 102 valence electrons. The third-order valence-electron chi connectivity index (χ3n) is 2.69. The van der Waals surface area contributed by atoms with Gasteiger partial charge in [-0.3, -0.25) is 4.79 Å². The Kier molecular flexibility index (Phi) is 3.78. The lowest BCUT2D eigenvalue weighted by atomic mass is 10.3. The van der Waals surface area contributed by atoms with Crippen LogP contribution in [0.1, 0.15) is 5.56 Å². The minimum atomic E-state index is -0.184. The lowest BCUT2D eigenvalue weighted by Crippen LogP contribution is -2.19. The highest BCUT2D eigenvalue weighted by molar-refractivity contribution is 8.14. The van der Waals surface area contributed by atoms with Crippen molar-refractivity contribution < 1.29 is 4.79 Å². The zero-order valence-corrected chi connectivity index (χ0v) is 12.6. The summed E-state index contributed by atoms with van der Waals surface area (Å²) in [6.07, 6.45) is 5.34. The summed E-state index contributed by atoms with van der Waals surface area (Å²) in [4.78, 5) is 12.3. The van der Waals surface area contributed by atoms with E-state index in [2.05, 4.69) is 23.0 Å². The summed E-state index contributed by atoms with van der Waals surface area (Å²) in [5, 5.41) is 7.63. The molecular weight excluding hydrogens is 314 g/mol. The van der Waals surface area contributed by atoms with Crippen LogP contribution in [-0.4, -0.2) is 20.4 Å². The molecule has 1 saturated heterocycles. The molecule has 4 nitrogen and oxygen atoms in total. The topological polar surface area (TPSA) is 46.9 Å². The van der Waals surface area contributed by atoms with E-state index in [1.54, 1.807) is 17.0 Å². The summed E-state index contributed by atoms with van der Waals surface area (Å²) in [6, 6.07) is 7.41. The minimum Gasteiger partial charge on any atom is -0.331 e. The maximum Gasteiger partial charge on any atom is 0.259 e. The van der Waals surface area contributed by atoms with Gasteiger partial charge >= 0.3 is 0 Å². The van der Waals surface area contributed by atoms with Gasteiger partial charge in [-0.1, -0.05) is 29.4 Å². The number of carbonyl (C=O) groups is 1. The number of halogens is 1. The Morgan fingerprint density at radius 1 is 1.50 bits per heavy atom. The standard InChI is InChI=1S/C13H10ClN3OS2/c14-9-2-1-3-10(5-9)17-7-8(6-15-17)4-11-12(18)16-13(19)20-11/h1-7,13,19H,(H,16,18)/b11-4-. The van der Waals surface area contributed by atoms with Crippen molar-refractivity contribution in [1.29, 1.82) is 0 Å². The Bertz CT molecular complexity index is 698. The van der Waals surface area contributed by atoms with Crippen molar-refractivity contribution >= 4 is 48.0 Å². The number of rotatable bonds is 2. The maximum absolute atomic E-state index is 11.6. The molecule has 0 bridgehead atoms. The third-order valence-corrected chi connectivity index (χ3v) is 4.27. The van der Waals surface area contributed by atoms with Gasteiger partial charge in [-0.05, 0) is 24.3 Å². The predicted octanol–water partition coefficient (Wildman–Crippen LogP) is 2.94. The van der Waals surface area contributed by atoms with E-state index in [9.17, 15) is 4.79 Å². The molecule has 0 aliphatic carbocycles. The fraction of sp³-hybridized carbons (Fsp3) is 0.0769. The number of hydrogen-bond acceptors (Lipinski definition) is 4. The van der Waals surface area contributed by atoms with Gasteiger partial charge in [0.05, 0.1) is 16.8 Å². The molecule has 1 atom stereocenters. The van der Waals surface area contributed by atoms with E-state index < -0.39 is 0 Å². The van der Waals surface area contributed by atoms with Crippen molar-refractivity contribution in [3.63, 3.8) is 0 Å². The number of carbonyl (C=O) groups excluding carboxylic acids is 1. The fourth-order valence-electron chi connectivity index (χ4n) is 1.81. The van der Waals surface area contributed by atoms with Crippen LogP contribution in [0.15, 0.2) is 41.6 Å². The number of nitrogens with zero attached hydrogens (tertiary/aromatic N) is 2. The Morgan fingerprint density at radius 2 is 2.35 bits per heavy atom. The van der Waals surface area contributed by atoms with Gasteiger partial charge in [0.25, 0.3) is 5.91 Å². The van der Waals surface area contributed by atoms with Crippen LogP contribution < -0.4 is 5.32 Å².